The number of pyridine rings is 1. The summed E-state index contributed by atoms with van der Waals surface area (Å²) in [5.74, 6) is -1.98. The van der Waals surface area contributed by atoms with Crippen LogP contribution in [0, 0.1) is 11.0 Å². The minimum Gasteiger partial charge on any atom is -0.619 e. The number of nitrogens with zero attached hydrogens (tertiary/aromatic N) is 2. The molecule has 3 aromatic rings. The zero-order chi connectivity index (χ0) is 20.8. The van der Waals surface area contributed by atoms with E-state index in [1.165, 1.54) is 24.5 Å². The number of nitrogens with one attached hydrogen (secondary N) is 1. The fourth-order valence-corrected chi connectivity index (χ4v) is 3.24. The van der Waals surface area contributed by atoms with Crippen molar-refractivity contribution in [1.29, 1.82) is 0 Å². The molecule has 29 heavy (non-hydrogen) atoms. The van der Waals surface area contributed by atoms with E-state index < -0.39 is 29.6 Å². The van der Waals surface area contributed by atoms with Crippen LogP contribution in [0.25, 0.3) is 0 Å². The Hall–Kier alpha value is -3.62. The van der Waals surface area contributed by atoms with E-state index in [0.29, 0.717) is 28.1 Å². The van der Waals surface area contributed by atoms with Crippen molar-refractivity contribution in [3.05, 3.63) is 94.7 Å². The molecule has 0 saturated heterocycles. The van der Waals surface area contributed by atoms with Crippen LogP contribution >= 0.6 is 0 Å². The van der Waals surface area contributed by atoms with Crippen molar-refractivity contribution in [3.63, 3.8) is 0 Å². The van der Waals surface area contributed by atoms with Gasteiger partial charge in [0.2, 0.25) is 0 Å². The summed E-state index contributed by atoms with van der Waals surface area (Å²) in [5, 5.41) is 14.5. The van der Waals surface area contributed by atoms with Crippen molar-refractivity contribution in [3.8, 4) is 0 Å². The highest BCUT2D eigenvalue weighted by Gasteiger charge is 2.38. The van der Waals surface area contributed by atoms with Crippen molar-refractivity contribution < 1.29 is 27.1 Å². The molecule has 1 aliphatic rings. The largest absolute Gasteiger partial charge is 0.619 e. The number of amides is 1. The lowest BCUT2D eigenvalue weighted by Crippen LogP contribution is -2.43. The average Bonchev–Trinajstić information content (AvgIpc) is 2.68. The smallest absolute Gasteiger partial charge is 0.419 e. The SMILES string of the molecule is O=C1c2ccccc2NC(c2cc[n+]([O-])cc2)N1c1ccc(F)c(C(F)(F)F)c1. The highest BCUT2D eigenvalue weighted by molar-refractivity contribution is 6.12. The van der Waals surface area contributed by atoms with Gasteiger partial charge in [0, 0.05) is 29.1 Å². The molecule has 4 rings (SSSR count). The molecule has 9 heteroatoms. The topological polar surface area (TPSA) is 59.3 Å². The number of carbonyl (C=O) groups excluding carboxylic acids is 1. The first kappa shape index (κ1) is 18.7. The van der Waals surface area contributed by atoms with Crippen LogP contribution in [-0.2, 0) is 6.18 Å². The molecule has 0 fully saturated rings. The maximum atomic E-state index is 13.8. The van der Waals surface area contributed by atoms with Crippen LogP contribution in [-0.4, -0.2) is 5.91 Å². The van der Waals surface area contributed by atoms with Crippen LogP contribution in [0.2, 0.25) is 0 Å². The number of aromatic nitrogens is 1. The Morgan fingerprint density at radius 1 is 1.03 bits per heavy atom. The first-order valence-corrected chi connectivity index (χ1v) is 8.50. The van der Waals surface area contributed by atoms with Crippen LogP contribution in [0.4, 0.5) is 28.9 Å². The summed E-state index contributed by atoms with van der Waals surface area (Å²) in [4.78, 5) is 14.3. The summed E-state index contributed by atoms with van der Waals surface area (Å²) in [7, 11) is 0. The molecule has 1 aromatic heterocycles. The maximum Gasteiger partial charge on any atom is 0.419 e. The van der Waals surface area contributed by atoms with E-state index in [4.69, 9.17) is 0 Å². The van der Waals surface area contributed by atoms with Crippen molar-refractivity contribution >= 4 is 17.3 Å². The van der Waals surface area contributed by atoms with Gasteiger partial charge < -0.3 is 10.5 Å². The Kier molecular flexibility index (Phi) is 4.37. The third kappa shape index (κ3) is 3.35. The van der Waals surface area contributed by atoms with Gasteiger partial charge >= 0.3 is 6.18 Å². The molecule has 0 aliphatic carbocycles. The molecule has 2 aromatic carbocycles. The van der Waals surface area contributed by atoms with E-state index in [0.717, 1.165) is 11.0 Å². The second-order valence-electron chi connectivity index (χ2n) is 6.42. The molecule has 1 aliphatic heterocycles. The second-order valence-corrected chi connectivity index (χ2v) is 6.42. The van der Waals surface area contributed by atoms with E-state index in [2.05, 4.69) is 5.32 Å². The first-order chi connectivity index (χ1) is 13.8. The van der Waals surface area contributed by atoms with Crippen LogP contribution in [0.15, 0.2) is 67.0 Å². The molecule has 2 heterocycles. The molecule has 0 saturated carbocycles. The third-order valence-corrected chi connectivity index (χ3v) is 4.60. The van der Waals surface area contributed by atoms with Crippen molar-refractivity contribution in [2.24, 2.45) is 0 Å². The Balaban J connectivity index is 1.88. The monoisotopic (exact) mass is 403 g/mol. The summed E-state index contributed by atoms with van der Waals surface area (Å²) >= 11 is 0. The lowest BCUT2D eigenvalue weighted by molar-refractivity contribution is -0.605. The molecule has 1 unspecified atom stereocenters. The maximum absolute atomic E-state index is 13.8. The van der Waals surface area contributed by atoms with Gasteiger partial charge in [-0.3, -0.25) is 9.69 Å². The molecule has 0 spiro atoms. The fourth-order valence-electron chi connectivity index (χ4n) is 3.24. The number of benzene rings is 2. The molecule has 1 amide bonds. The summed E-state index contributed by atoms with van der Waals surface area (Å²) in [6.07, 6.45) is -3.39. The van der Waals surface area contributed by atoms with Crippen LogP contribution in [0.5, 0.6) is 0 Å². The number of halogens is 4. The van der Waals surface area contributed by atoms with Crippen LogP contribution < -0.4 is 14.9 Å². The van der Waals surface area contributed by atoms with E-state index in [9.17, 15) is 27.6 Å². The number of hydrogen-bond acceptors (Lipinski definition) is 3. The normalized spacial score (nSPS) is 16.3. The summed E-state index contributed by atoms with van der Waals surface area (Å²) < 4.78 is 53.9. The van der Waals surface area contributed by atoms with E-state index >= 15 is 0 Å². The van der Waals surface area contributed by atoms with Gasteiger partial charge in [-0.05, 0) is 30.3 Å². The van der Waals surface area contributed by atoms with Gasteiger partial charge in [0.05, 0.1) is 11.1 Å². The minimum absolute atomic E-state index is 0.130. The van der Waals surface area contributed by atoms with Gasteiger partial charge in [0.25, 0.3) is 5.91 Å². The number of carbonyl (C=O) groups is 1. The molecule has 0 radical (unpaired) electrons. The number of hydrogen-bond donors (Lipinski definition) is 1. The lowest BCUT2D eigenvalue weighted by atomic mass is 10.0. The molecule has 0 bridgehead atoms. The number of para-hydroxylation sites is 1. The standard InChI is InChI=1S/C20H13F4N3O2/c21-16-6-5-13(11-15(16)20(22,23)24)27-18(12-7-9-26(29)10-8-12)25-17-4-2-1-3-14(17)19(27)28/h1-11,18,25H. The number of alkyl halides is 3. The van der Waals surface area contributed by atoms with Gasteiger partial charge in [-0.15, -0.1) is 0 Å². The number of rotatable bonds is 2. The molecule has 5 nitrogen and oxygen atoms in total. The predicted molar refractivity (Wildman–Crippen MR) is 96.4 cm³/mol. The van der Waals surface area contributed by atoms with Gasteiger partial charge in [0.1, 0.15) is 12.0 Å². The molecule has 1 atom stereocenters. The average molecular weight is 403 g/mol. The number of anilines is 2. The van der Waals surface area contributed by atoms with E-state index in [1.54, 1.807) is 24.3 Å². The lowest BCUT2D eigenvalue weighted by Gasteiger charge is -2.38. The van der Waals surface area contributed by atoms with E-state index in [1.807, 2.05) is 0 Å². The quantitative estimate of drug-likeness (QED) is 0.395. The van der Waals surface area contributed by atoms with Gasteiger partial charge in [-0.1, -0.05) is 12.1 Å². The second kappa shape index (κ2) is 6.77. The van der Waals surface area contributed by atoms with Gasteiger partial charge in [0.15, 0.2) is 12.4 Å². The number of fused-ring (bicyclic) bond motifs is 1. The Bertz CT molecular complexity index is 1080. The van der Waals surface area contributed by atoms with Crippen molar-refractivity contribution in [2.45, 2.75) is 12.3 Å². The molecular formula is C20H13F4N3O2. The predicted octanol–water partition coefficient (Wildman–Crippen LogP) is 4.25. The van der Waals surface area contributed by atoms with Crippen molar-refractivity contribution in [1.82, 2.24) is 0 Å². The molecule has 1 N–H and O–H groups in total. The fraction of sp³-hybridized carbons (Fsp3) is 0.100. The summed E-state index contributed by atoms with van der Waals surface area (Å²) in [6, 6.07) is 11.8. The first-order valence-electron chi connectivity index (χ1n) is 8.50. The highest BCUT2D eigenvalue weighted by Crippen LogP contribution is 2.39. The van der Waals surface area contributed by atoms with Gasteiger partial charge in [-0.2, -0.15) is 17.9 Å². The zero-order valence-corrected chi connectivity index (χ0v) is 14.7. The zero-order valence-electron chi connectivity index (χ0n) is 14.7. The van der Waals surface area contributed by atoms with Crippen LogP contribution in [0.1, 0.15) is 27.7 Å². The van der Waals surface area contributed by atoms with Crippen LogP contribution in [0.3, 0.4) is 0 Å². The third-order valence-electron chi connectivity index (χ3n) is 4.60. The molecular weight excluding hydrogens is 390 g/mol. The Labute approximate surface area is 162 Å². The molecule has 148 valence electrons. The minimum atomic E-state index is -4.92. The summed E-state index contributed by atoms with van der Waals surface area (Å²) in [5.41, 5.74) is -0.370. The van der Waals surface area contributed by atoms with Crippen molar-refractivity contribution in [2.75, 3.05) is 10.2 Å². The van der Waals surface area contributed by atoms with Gasteiger partial charge in [-0.25, -0.2) is 4.39 Å². The Morgan fingerprint density at radius 2 is 1.72 bits per heavy atom. The summed E-state index contributed by atoms with van der Waals surface area (Å²) in [6.45, 7) is 0. The van der Waals surface area contributed by atoms with E-state index in [-0.39, 0.29) is 11.3 Å². The Morgan fingerprint density at radius 3 is 2.41 bits per heavy atom. The highest BCUT2D eigenvalue weighted by atomic mass is 19.4.